The zero-order valence-electron chi connectivity index (χ0n) is 6.89. The first-order valence-corrected chi connectivity index (χ1v) is 3.90. The Morgan fingerprint density at radius 2 is 1.91 bits per heavy atom. The third kappa shape index (κ3) is 1.11. The van der Waals surface area contributed by atoms with Gasteiger partial charge in [0.15, 0.2) is 0 Å². The third-order valence-electron chi connectivity index (χ3n) is 1.93. The van der Waals surface area contributed by atoms with Crippen LogP contribution < -0.4 is 5.32 Å². The minimum Gasteiger partial charge on any atom is -0.379 e. The van der Waals surface area contributed by atoms with Gasteiger partial charge in [0.2, 0.25) is 0 Å². The first-order valence-electron chi connectivity index (χ1n) is 3.90. The Hall–Kier alpha value is -0.980. The van der Waals surface area contributed by atoms with E-state index in [1.807, 2.05) is 0 Å². The van der Waals surface area contributed by atoms with E-state index in [4.69, 9.17) is 0 Å². The van der Waals surface area contributed by atoms with Crippen LogP contribution in [-0.4, -0.2) is 5.54 Å². The van der Waals surface area contributed by atoms with Gasteiger partial charge in [-0.05, 0) is 25.5 Å². The van der Waals surface area contributed by atoms with Gasteiger partial charge in [0.25, 0.3) is 0 Å². The van der Waals surface area contributed by atoms with Crippen molar-refractivity contribution in [1.29, 1.82) is 0 Å². The number of rotatable bonds is 0. The Kier molecular flexibility index (Phi) is 1.22. The lowest BCUT2D eigenvalue weighted by molar-refractivity contribution is 0.695. The Morgan fingerprint density at radius 3 is 2.64 bits per heavy atom. The average molecular weight is 146 g/mol. The molecule has 1 N–H and O–H groups in total. The van der Waals surface area contributed by atoms with Gasteiger partial charge in [0, 0.05) is 17.6 Å². The van der Waals surface area contributed by atoms with E-state index in [-0.39, 0.29) is 5.54 Å². The van der Waals surface area contributed by atoms with Crippen LogP contribution in [-0.2, 0) is 0 Å². The molecule has 0 bridgehead atoms. The zero-order chi connectivity index (χ0) is 7.90. The van der Waals surface area contributed by atoms with Crippen LogP contribution in [0.1, 0.15) is 19.4 Å². The molecule has 0 fully saturated rings. The molecule has 1 aliphatic rings. The van der Waals surface area contributed by atoms with Crippen LogP contribution in [0.5, 0.6) is 0 Å². The molecule has 0 saturated carbocycles. The van der Waals surface area contributed by atoms with E-state index in [1.54, 1.807) is 0 Å². The van der Waals surface area contributed by atoms with Gasteiger partial charge < -0.3 is 5.32 Å². The van der Waals surface area contributed by atoms with Gasteiger partial charge in [-0.15, -0.1) is 0 Å². The molecule has 0 amide bonds. The fraction of sp³-hybridized carbons (Fsp3) is 0.300. The molecule has 57 valence electrons. The van der Waals surface area contributed by atoms with E-state index >= 15 is 0 Å². The van der Waals surface area contributed by atoms with Gasteiger partial charge in [0.05, 0.1) is 0 Å². The predicted molar refractivity (Wildman–Crippen MR) is 47.5 cm³/mol. The molecular formula is C10H12N. The van der Waals surface area contributed by atoms with Crippen LogP contribution in [0, 0.1) is 6.42 Å². The largest absolute Gasteiger partial charge is 0.379 e. The lowest BCUT2D eigenvalue weighted by atomic mass is 10.0. The number of nitrogens with one attached hydrogen (secondary N) is 1. The summed E-state index contributed by atoms with van der Waals surface area (Å²) in [6.45, 7) is 4.35. The molecule has 1 aliphatic heterocycles. The van der Waals surface area contributed by atoms with Crippen molar-refractivity contribution in [2.45, 2.75) is 19.4 Å². The maximum absolute atomic E-state index is 3.42. The molecule has 1 radical (unpaired) electrons. The Bertz CT molecular complexity index is 249. The summed E-state index contributed by atoms with van der Waals surface area (Å²) in [5.41, 5.74) is 2.69. The van der Waals surface area contributed by atoms with Crippen LogP contribution in [0.4, 0.5) is 5.69 Å². The topological polar surface area (TPSA) is 12.0 Å². The number of hydrogen-bond donors (Lipinski definition) is 1. The van der Waals surface area contributed by atoms with Gasteiger partial charge in [-0.25, -0.2) is 0 Å². The molecule has 11 heavy (non-hydrogen) atoms. The van der Waals surface area contributed by atoms with Crippen molar-refractivity contribution in [3.8, 4) is 0 Å². The minimum atomic E-state index is 0.129. The number of anilines is 1. The van der Waals surface area contributed by atoms with Crippen LogP contribution in [0.3, 0.4) is 0 Å². The summed E-state index contributed by atoms with van der Waals surface area (Å²) in [7, 11) is 0. The van der Waals surface area contributed by atoms with E-state index < -0.39 is 0 Å². The van der Waals surface area contributed by atoms with Crippen LogP contribution in [0.25, 0.3) is 0 Å². The first kappa shape index (κ1) is 6.71. The van der Waals surface area contributed by atoms with E-state index in [2.05, 4.69) is 49.9 Å². The molecule has 0 saturated heterocycles. The van der Waals surface area contributed by atoms with Crippen molar-refractivity contribution < 1.29 is 0 Å². The van der Waals surface area contributed by atoms with Crippen molar-refractivity contribution >= 4 is 5.69 Å². The summed E-state index contributed by atoms with van der Waals surface area (Å²) in [6, 6.07) is 8.37. The molecule has 0 spiro atoms. The van der Waals surface area contributed by atoms with Gasteiger partial charge in [-0.1, -0.05) is 18.2 Å². The summed E-state index contributed by atoms with van der Waals surface area (Å²) < 4.78 is 0. The zero-order valence-corrected chi connectivity index (χ0v) is 6.89. The average Bonchev–Trinajstić information content (AvgIpc) is 2.21. The van der Waals surface area contributed by atoms with Gasteiger partial charge in [-0.3, -0.25) is 0 Å². The maximum Gasteiger partial charge on any atom is 0.0393 e. The molecule has 0 atom stereocenters. The van der Waals surface area contributed by atoms with E-state index in [0.29, 0.717) is 0 Å². The molecule has 1 aromatic carbocycles. The highest BCUT2D eigenvalue weighted by Gasteiger charge is 2.26. The second-order valence-corrected chi connectivity index (χ2v) is 3.58. The molecule has 1 aromatic rings. The number of hydrogen-bond acceptors (Lipinski definition) is 1. The second kappa shape index (κ2) is 2.00. The highest BCUT2D eigenvalue weighted by Crippen LogP contribution is 2.32. The van der Waals surface area contributed by atoms with Crippen molar-refractivity contribution in [1.82, 2.24) is 0 Å². The van der Waals surface area contributed by atoms with Crippen LogP contribution >= 0.6 is 0 Å². The maximum atomic E-state index is 3.42. The third-order valence-corrected chi connectivity index (χ3v) is 1.93. The molecule has 0 aromatic heterocycles. The van der Waals surface area contributed by atoms with Gasteiger partial charge in [-0.2, -0.15) is 0 Å². The molecule has 0 aliphatic carbocycles. The molecule has 1 nitrogen and oxygen atoms in total. The standard InChI is InChI=1S/C10H12N/c1-10(2)7-8-5-3-4-6-9(8)11-10/h3-7,11H,1-2H3. The fourth-order valence-electron chi connectivity index (χ4n) is 1.51. The SMILES string of the molecule is CC1(C)[CH]c2ccccc2N1. The number of para-hydroxylation sites is 1. The van der Waals surface area contributed by atoms with Crippen molar-refractivity contribution in [3.05, 3.63) is 36.2 Å². The molecule has 1 heteroatoms. The lowest BCUT2D eigenvalue weighted by Crippen LogP contribution is -2.25. The van der Waals surface area contributed by atoms with Crippen molar-refractivity contribution in [3.63, 3.8) is 0 Å². The van der Waals surface area contributed by atoms with Crippen LogP contribution in [0.15, 0.2) is 24.3 Å². The highest BCUT2D eigenvalue weighted by molar-refractivity contribution is 5.63. The quantitative estimate of drug-likeness (QED) is 0.592. The summed E-state index contributed by atoms with van der Waals surface area (Å²) in [5, 5.41) is 3.42. The molecular weight excluding hydrogens is 134 g/mol. The first-order chi connectivity index (χ1) is 5.17. The lowest BCUT2D eigenvalue weighted by Gasteiger charge is -2.17. The number of fused-ring (bicyclic) bond motifs is 1. The van der Waals surface area contributed by atoms with Gasteiger partial charge >= 0.3 is 0 Å². The molecule has 1 heterocycles. The monoisotopic (exact) mass is 146 g/mol. The summed E-state index contributed by atoms with van der Waals surface area (Å²) >= 11 is 0. The van der Waals surface area contributed by atoms with E-state index in [0.717, 1.165) is 0 Å². The molecule has 2 rings (SSSR count). The predicted octanol–water partition coefficient (Wildman–Crippen LogP) is 2.44. The van der Waals surface area contributed by atoms with E-state index in [9.17, 15) is 0 Å². The summed E-state index contributed by atoms with van der Waals surface area (Å²) in [4.78, 5) is 0. The smallest absolute Gasteiger partial charge is 0.0393 e. The number of benzene rings is 1. The second-order valence-electron chi connectivity index (χ2n) is 3.58. The normalized spacial score (nSPS) is 19.1. The Balaban J connectivity index is 2.41. The van der Waals surface area contributed by atoms with Crippen LogP contribution in [0.2, 0.25) is 0 Å². The fourth-order valence-corrected chi connectivity index (χ4v) is 1.51. The van der Waals surface area contributed by atoms with E-state index in [1.165, 1.54) is 11.3 Å². The van der Waals surface area contributed by atoms with Gasteiger partial charge in [0.1, 0.15) is 0 Å². The summed E-state index contributed by atoms with van der Waals surface area (Å²) in [5.74, 6) is 0. The molecule has 0 unspecified atom stereocenters. The van der Waals surface area contributed by atoms with Crippen molar-refractivity contribution in [2.75, 3.05) is 5.32 Å². The minimum absolute atomic E-state index is 0.129. The Labute approximate surface area is 67.4 Å². The summed E-state index contributed by atoms with van der Waals surface area (Å²) in [6.07, 6.45) is 2.25. The van der Waals surface area contributed by atoms with Crippen molar-refractivity contribution in [2.24, 2.45) is 0 Å². The highest BCUT2D eigenvalue weighted by atomic mass is 15.0. The Morgan fingerprint density at radius 1 is 1.18 bits per heavy atom.